The van der Waals surface area contributed by atoms with Crippen LogP contribution in [0.1, 0.15) is 27.4 Å². The topological polar surface area (TPSA) is 59.8 Å². The Kier molecular flexibility index (Phi) is 5.96. The predicted molar refractivity (Wildman–Crippen MR) is 119 cm³/mol. The van der Waals surface area contributed by atoms with E-state index in [4.69, 9.17) is 0 Å². The number of nitrogens with one attached hydrogen (secondary N) is 1. The van der Waals surface area contributed by atoms with Gasteiger partial charge in [0.25, 0.3) is 5.91 Å². The van der Waals surface area contributed by atoms with Crippen LogP contribution in [0, 0.1) is 19.7 Å². The highest BCUT2D eigenvalue weighted by Crippen LogP contribution is 2.27. The summed E-state index contributed by atoms with van der Waals surface area (Å²) in [5.74, 6) is -0.0560. The van der Waals surface area contributed by atoms with Crippen molar-refractivity contribution in [2.24, 2.45) is 0 Å². The fraction of sp³-hybridized carbons (Fsp3) is 0.136. The summed E-state index contributed by atoms with van der Waals surface area (Å²) in [6.07, 6.45) is 0. The summed E-state index contributed by atoms with van der Waals surface area (Å²) in [5, 5.41) is 9.10. The van der Waals surface area contributed by atoms with Crippen molar-refractivity contribution < 1.29 is 9.18 Å². The summed E-state index contributed by atoms with van der Waals surface area (Å²) in [5.41, 5.74) is 5.70. The second kappa shape index (κ2) is 8.81. The number of nitrogens with zero attached hydrogens (tertiary/aromatic N) is 3. The van der Waals surface area contributed by atoms with Gasteiger partial charge in [-0.15, -0.1) is 23.1 Å². The van der Waals surface area contributed by atoms with Gasteiger partial charge in [0.2, 0.25) is 0 Å². The van der Waals surface area contributed by atoms with Crippen molar-refractivity contribution >= 4 is 34.7 Å². The van der Waals surface area contributed by atoms with Crippen molar-refractivity contribution in [3.05, 3.63) is 87.9 Å². The van der Waals surface area contributed by atoms with Gasteiger partial charge in [0, 0.05) is 27.4 Å². The lowest BCUT2D eigenvalue weighted by atomic mass is 10.2. The molecule has 4 aromatic rings. The first kappa shape index (κ1) is 20.3. The molecule has 2 aromatic heterocycles. The standard InChI is InChI=1S/C22H19FN4OS2/c1-14-9-15(2)27(26-14)20-8-7-16(10-19(20)23)25-22(28)18-5-3-4-6-21(18)30-12-17-11-29-13-24-17/h3-11,13H,12H2,1-2H3,(H,25,28). The third kappa shape index (κ3) is 4.44. The van der Waals surface area contributed by atoms with E-state index in [1.54, 1.807) is 51.5 Å². The summed E-state index contributed by atoms with van der Waals surface area (Å²) < 4.78 is 16.3. The minimum atomic E-state index is -0.454. The lowest BCUT2D eigenvalue weighted by Gasteiger charge is -2.11. The molecule has 30 heavy (non-hydrogen) atoms. The molecule has 4 rings (SSSR count). The van der Waals surface area contributed by atoms with Crippen LogP contribution < -0.4 is 5.32 Å². The summed E-state index contributed by atoms with van der Waals surface area (Å²) in [7, 11) is 0. The second-order valence-corrected chi connectivity index (χ2v) is 8.46. The average Bonchev–Trinajstić information content (AvgIpc) is 3.36. The molecule has 1 N–H and O–H groups in total. The summed E-state index contributed by atoms with van der Waals surface area (Å²) >= 11 is 3.09. The first-order chi connectivity index (χ1) is 14.5. The number of carbonyl (C=O) groups excluding carboxylic acids is 1. The lowest BCUT2D eigenvalue weighted by Crippen LogP contribution is -2.13. The van der Waals surface area contributed by atoms with Crippen molar-refractivity contribution in [3.63, 3.8) is 0 Å². The first-order valence-electron chi connectivity index (χ1n) is 9.24. The normalized spacial score (nSPS) is 10.9. The van der Waals surface area contributed by atoms with E-state index in [-0.39, 0.29) is 5.91 Å². The number of amides is 1. The monoisotopic (exact) mass is 438 g/mol. The van der Waals surface area contributed by atoms with Crippen molar-refractivity contribution in [2.45, 2.75) is 24.5 Å². The Bertz CT molecular complexity index is 1190. The van der Waals surface area contributed by atoms with Crippen LogP contribution in [0.2, 0.25) is 0 Å². The zero-order valence-electron chi connectivity index (χ0n) is 16.4. The maximum absolute atomic E-state index is 14.7. The van der Waals surface area contributed by atoms with Crippen LogP contribution in [0.15, 0.2) is 64.3 Å². The van der Waals surface area contributed by atoms with Crippen LogP contribution >= 0.6 is 23.1 Å². The molecule has 0 spiro atoms. The molecule has 0 aliphatic carbocycles. The van der Waals surface area contributed by atoms with E-state index >= 15 is 0 Å². The Morgan fingerprint density at radius 1 is 1.20 bits per heavy atom. The molecule has 152 valence electrons. The van der Waals surface area contributed by atoms with E-state index in [0.717, 1.165) is 22.0 Å². The minimum absolute atomic E-state index is 0.283. The Morgan fingerprint density at radius 2 is 2.03 bits per heavy atom. The molecule has 2 heterocycles. The molecular weight excluding hydrogens is 419 g/mol. The fourth-order valence-electron chi connectivity index (χ4n) is 3.07. The quantitative estimate of drug-likeness (QED) is 0.397. The summed E-state index contributed by atoms with van der Waals surface area (Å²) in [6, 6.07) is 13.9. The van der Waals surface area contributed by atoms with Gasteiger partial charge in [0.15, 0.2) is 5.82 Å². The van der Waals surface area contributed by atoms with Crippen molar-refractivity contribution in [2.75, 3.05) is 5.32 Å². The maximum Gasteiger partial charge on any atom is 0.256 e. The second-order valence-electron chi connectivity index (χ2n) is 6.72. The van der Waals surface area contributed by atoms with Crippen LogP contribution in [0.25, 0.3) is 5.69 Å². The first-order valence-corrected chi connectivity index (χ1v) is 11.2. The zero-order valence-corrected chi connectivity index (χ0v) is 18.1. The van der Waals surface area contributed by atoms with E-state index in [9.17, 15) is 9.18 Å². The highest BCUT2D eigenvalue weighted by atomic mass is 32.2. The third-order valence-electron chi connectivity index (χ3n) is 4.43. The molecule has 1 amide bonds. The van der Waals surface area contributed by atoms with E-state index in [2.05, 4.69) is 15.4 Å². The summed E-state index contributed by atoms with van der Waals surface area (Å²) in [4.78, 5) is 18.0. The van der Waals surface area contributed by atoms with Crippen molar-refractivity contribution in [1.82, 2.24) is 14.8 Å². The van der Waals surface area contributed by atoms with Gasteiger partial charge >= 0.3 is 0 Å². The maximum atomic E-state index is 14.7. The van der Waals surface area contributed by atoms with E-state index < -0.39 is 5.82 Å². The number of rotatable bonds is 6. The molecule has 0 aliphatic rings. The third-order valence-corrected chi connectivity index (χ3v) is 6.18. The Hall–Kier alpha value is -2.97. The minimum Gasteiger partial charge on any atom is -0.322 e. The molecular formula is C22H19FN4OS2. The number of hydrogen-bond acceptors (Lipinski definition) is 5. The number of aryl methyl sites for hydroxylation is 2. The SMILES string of the molecule is Cc1cc(C)n(-c2ccc(NC(=O)c3ccccc3SCc3cscn3)cc2F)n1. The van der Waals surface area contributed by atoms with Gasteiger partial charge in [-0.05, 0) is 50.2 Å². The van der Waals surface area contributed by atoms with Crippen LogP contribution in [0.5, 0.6) is 0 Å². The molecule has 0 saturated heterocycles. The average molecular weight is 439 g/mol. The van der Waals surface area contributed by atoms with Crippen molar-refractivity contribution in [3.8, 4) is 5.69 Å². The van der Waals surface area contributed by atoms with Gasteiger partial charge in [-0.2, -0.15) is 5.10 Å². The smallest absolute Gasteiger partial charge is 0.256 e. The fourth-order valence-corrected chi connectivity index (χ4v) is 4.68. The summed E-state index contributed by atoms with van der Waals surface area (Å²) in [6.45, 7) is 3.73. The highest BCUT2D eigenvalue weighted by Gasteiger charge is 2.14. The van der Waals surface area contributed by atoms with Crippen molar-refractivity contribution in [1.29, 1.82) is 0 Å². The number of benzene rings is 2. The zero-order chi connectivity index (χ0) is 21.1. The number of halogens is 1. The molecule has 0 fully saturated rings. The van der Waals surface area contributed by atoms with Gasteiger partial charge in [-0.3, -0.25) is 4.79 Å². The number of thioether (sulfide) groups is 1. The van der Waals surface area contributed by atoms with Gasteiger partial charge in [-0.25, -0.2) is 14.1 Å². The molecule has 0 unspecified atom stereocenters. The van der Waals surface area contributed by atoms with E-state index in [1.807, 2.05) is 43.5 Å². The number of anilines is 1. The predicted octanol–water partition coefficient (Wildman–Crippen LogP) is 5.63. The van der Waals surface area contributed by atoms with E-state index in [1.165, 1.54) is 6.07 Å². The number of carbonyl (C=O) groups is 1. The van der Waals surface area contributed by atoms with Gasteiger partial charge < -0.3 is 5.32 Å². The number of thiazole rings is 1. The number of aromatic nitrogens is 3. The Labute approximate surface area is 182 Å². The molecule has 2 aromatic carbocycles. The molecule has 0 aliphatic heterocycles. The Morgan fingerprint density at radius 3 is 2.73 bits per heavy atom. The van der Waals surface area contributed by atoms with E-state index in [0.29, 0.717) is 22.7 Å². The van der Waals surface area contributed by atoms with Crippen LogP contribution in [0.4, 0.5) is 10.1 Å². The molecule has 5 nitrogen and oxygen atoms in total. The van der Waals surface area contributed by atoms with Crippen LogP contribution in [0.3, 0.4) is 0 Å². The molecule has 0 saturated carbocycles. The van der Waals surface area contributed by atoms with Gasteiger partial charge in [0.1, 0.15) is 5.69 Å². The highest BCUT2D eigenvalue weighted by molar-refractivity contribution is 7.98. The lowest BCUT2D eigenvalue weighted by molar-refractivity contribution is 0.102. The van der Waals surface area contributed by atoms with Gasteiger partial charge in [-0.1, -0.05) is 12.1 Å². The van der Waals surface area contributed by atoms with Crippen LogP contribution in [-0.2, 0) is 5.75 Å². The van der Waals surface area contributed by atoms with Crippen LogP contribution in [-0.4, -0.2) is 20.7 Å². The molecule has 8 heteroatoms. The molecule has 0 bridgehead atoms. The Balaban J connectivity index is 1.52. The largest absolute Gasteiger partial charge is 0.322 e. The molecule has 0 atom stereocenters. The number of hydrogen-bond donors (Lipinski definition) is 1. The molecule has 0 radical (unpaired) electrons. The van der Waals surface area contributed by atoms with Gasteiger partial charge in [0.05, 0.1) is 22.5 Å².